The van der Waals surface area contributed by atoms with E-state index < -0.39 is 17.7 Å². The summed E-state index contributed by atoms with van der Waals surface area (Å²) in [6.45, 7) is 6.77. The van der Waals surface area contributed by atoms with Crippen molar-refractivity contribution in [3.63, 3.8) is 0 Å². The van der Waals surface area contributed by atoms with E-state index in [0.29, 0.717) is 47.9 Å². The van der Waals surface area contributed by atoms with E-state index in [1.54, 1.807) is 36.4 Å². The number of aliphatic hydroxyl groups is 1. The van der Waals surface area contributed by atoms with E-state index in [1.807, 2.05) is 20.8 Å². The fourth-order valence-corrected chi connectivity index (χ4v) is 4.13. The molecule has 0 radical (unpaired) electrons. The zero-order chi connectivity index (χ0) is 24.1. The Bertz CT molecular complexity index is 1070. The molecule has 1 atom stereocenters. The second-order valence-electron chi connectivity index (χ2n) is 7.90. The molecule has 2 aromatic rings. The van der Waals surface area contributed by atoms with Crippen molar-refractivity contribution in [3.8, 4) is 17.2 Å². The summed E-state index contributed by atoms with van der Waals surface area (Å²) in [5, 5.41) is 11.3. The monoisotopic (exact) mass is 453 g/mol. The van der Waals surface area contributed by atoms with Crippen molar-refractivity contribution in [1.82, 2.24) is 4.90 Å². The number of aliphatic hydroxyl groups excluding tert-OH is 1. The molecular weight excluding hydrogens is 422 g/mol. The Kier molecular flexibility index (Phi) is 7.63. The summed E-state index contributed by atoms with van der Waals surface area (Å²) < 4.78 is 16.7. The zero-order valence-electron chi connectivity index (χ0n) is 19.8. The van der Waals surface area contributed by atoms with E-state index in [2.05, 4.69) is 0 Å². The van der Waals surface area contributed by atoms with Crippen LogP contribution in [0.4, 0.5) is 0 Å². The van der Waals surface area contributed by atoms with Crippen LogP contribution in [0.25, 0.3) is 5.76 Å². The molecule has 33 heavy (non-hydrogen) atoms. The van der Waals surface area contributed by atoms with Gasteiger partial charge in [-0.1, -0.05) is 26.0 Å². The molecule has 1 heterocycles. The molecule has 1 amide bonds. The minimum atomic E-state index is -0.800. The number of ketones is 1. The molecule has 0 saturated carbocycles. The molecule has 0 spiro atoms. The number of amides is 1. The van der Waals surface area contributed by atoms with Gasteiger partial charge in [0, 0.05) is 17.7 Å². The van der Waals surface area contributed by atoms with Crippen molar-refractivity contribution in [2.75, 3.05) is 27.4 Å². The number of nitrogens with zero attached hydrogens (tertiary/aromatic N) is 1. The van der Waals surface area contributed by atoms with Crippen molar-refractivity contribution < 1.29 is 28.9 Å². The Morgan fingerprint density at radius 1 is 1.03 bits per heavy atom. The largest absolute Gasteiger partial charge is 0.507 e. The maximum atomic E-state index is 13.1. The predicted molar refractivity (Wildman–Crippen MR) is 126 cm³/mol. The van der Waals surface area contributed by atoms with Gasteiger partial charge in [0.15, 0.2) is 11.5 Å². The Balaban J connectivity index is 2.20. The van der Waals surface area contributed by atoms with E-state index in [1.165, 1.54) is 19.1 Å². The quantitative estimate of drug-likeness (QED) is 0.338. The van der Waals surface area contributed by atoms with Crippen LogP contribution in [0, 0.1) is 6.92 Å². The molecule has 1 aliphatic rings. The number of rotatable bonds is 9. The molecule has 176 valence electrons. The van der Waals surface area contributed by atoms with Crippen molar-refractivity contribution >= 4 is 17.4 Å². The maximum absolute atomic E-state index is 13.1. The minimum Gasteiger partial charge on any atom is -0.507 e. The van der Waals surface area contributed by atoms with Gasteiger partial charge in [0.2, 0.25) is 0 Å². The number of aryl methyl sites for hydroxylation is 1. The highest BCUT2D eigenvalue weighted by Gasteiger charge is 2.47. The number of Topliss-reactive ketones (excluding diaryl/α,β-unsaturated/α-hetero) is 1. The molecule has 7 nitrogen and oxygen atoms in total. The van der Waals surface area contributed by atoms with Crippen LogP contribution in [0.3, 0.4) is 0 Å². The summed E-state index contributed by atoms with van der Waals surface area (Å²) in [5.41, 5.74) is 1.87. The van der Waals surface area contributed by atoms with Crippen LogP contribution in [0.2, 0.25) is 0 Å². The van der Waals surface area contributed by atoms with Gasteiger partial charge in [0.25, 0.3) is 11.7 Å². The van der Waals surface area contributed by atoms with Crippen molar-refractivity contribution in [3.05, 3.63) is 58.7 Å². The number of para-hydroxylation sites is 1. The Morgan fingerprint density at radius 3 is 2.39 bits per heavy atom. The number of hydrogen-bond donors (Lipinski definition) is 1. The lowest BCUT2D eigenvalue weighted by Gasteiger charge is -2.26. The van der Waals surface area contributed by atoms with Crippen LogP contribution in [0.15, 0.2) is 42.0 Å². The molecule has 0 aliphatic carbocycles. The molecule has 1 saturated heterocycles. The molecule has 2 aromatic carbocycles. The summed E-state index contributed by atoms with van der Waals surface area (Å²) in [5.74, 6) is 0.00857. The van der Waals surface area contributed by atoms with Gasteiger partial charge in [0.1, 0.15) is 11.5 Å². The van der Waals surface area contributed by atoms with Gasteiger partial charge in [-0.05, 0) is 49.6 Å². The number of ether oxygens (including phenoxy) is 3. The number of benzene rings is 2. The van der Waals surface area contributed by atoms with Crippen molar-refractivity contribution in [2.24, 2.45) is 0 Å². The minimum absolute atomic E-state index is 0.0293. The van der Waals surface area contributed by atoms with Gasteiger partial charge >= 0.3 is 0 Å². The second kappa shape index (κ2) is 10.4. The van der Waals surface area contributed by atoms with Gasteiger partial charge < -0.3 is 24.2 Å². The van der Waals surface area contributed by atoms with Crippen LogP contribution in [0.5, 0.6) is 17.2 Å². The standard InChI is InChI=1S/C26H31NO6/c1-6-13-27-22(18-9-8-10-20(31-4)25(18)32-5)21(24(29)26(27)30)23(28)17-11-12-19(16(3)15-17)33-14-7-2/h8-12,15,22,28H,6-7,13-14H2,1-5H3/b23-21+. The molecule has 7 heteroatoms. The molecular formula is C26H31NO6. The molecule has 3 rings (SSSR count). The second-order valence-corrected chi connectivity index (χ2v) is 7.90. The first-order chi connectivity index (χ1) is 15.9. The highest BCUT2D eigenvalue weighted by molar-refractivity contribution is 6.46. The maximum Gasteiger partial charge on any atom is 0.295 e. The third kappa shape index (κ3) is 4.53. The molecule has 0 aromatic heterocycles. The highest BCUT2D eigenvalue weighted by atomic mass is 16.5. The summed E-state index contributed by atoms with van der Waals surface area (Å²) >= 11 is 0. The summed E-state index contributed by atoms with van der Waals surface area (Å²) in [6.07, 6.45) is 1.53. The van der Waals surface area contributed by atoms with Crippen LogP contribution in [-0.4, -0.2) is 49.1 Å². The predicted octanol–water partition coefficient (Wildman–Crippen LogP) is 4.63. The fourth-order valence-electron chi connectivity index (χ4n) is 4.13. The number of hydrogen-bond acceptors (Lipinski definition) is 6. The van der Waals surface area contributed by atoms with Gasteiger partial charge in [-0.15, -0.1) is 0 Å². The third-order valence-electron chi connectivity index (χ3n) is 5.64. The van der Waals surface area contributed by atoms with E-state index in [9.17, 15) is 14.7 Å². The Labute approximate surface area is 194 Å². The summed E-state index contributed by atoms with van der Waals surface area (Å²) in [6, 6.07) is 9.71. The first-order valence-corrected chi connectivity index (χ1v) is 11.1. The van der Waals surface area contributed by atoms with Crippen molar-refractivity contribution in [1.29, 1.82) is 0 Å². The van der Waals surface area contributed by atoms with Gasteiger partial charge in [-0.3, -0.25) is 9.59 Å². The van der Waals surface area contributed by atoms with Gasteiger partial charge in [0.05, 0.1) is 32.4 Å². The lowest BCUT2D eigenvalue weighted by atomic mass is 9.94. The molecule has 1 aliphatic heterocycles. The smallest absolute Gasteiger partial charge is 0.295 e. The zero-order valence-corrected chi connectivity index (χ0v) is 19.8. The van der Waals surface area contributed by atoms with Crippen LogP contribution in [-0.2, 0) is 9.59 Å². The topological polar surface area (TPSA) is 85.3 Å². The van der Waals surface area contributed by atoms with Crippen LogP contribution >= 0.6 is 0 Å². The average molecular weight is 454 g/mol. The Morgan fingerprint density at radius 2 is 1.79 bits per heavy atom. The van der Waals surface area contributed by atoms with E-state index in [-0.39, 0.29) is 11.3 Å². The lowest BCUT2D eigenvalue weighted by Crippen LogP contribution is -2.30. The fraction of sp³-hybridized carbons (Fsp3) is 0.385. The van der Waals surface area contributed by atoms with Gasteiger partial charge in [-0.2, -0.15) is 0 Å². The first-order valence-electron chi connectivity index (χ1n) is 11.1. The van der Waals surface area contributed by atoms with E-state index in [4.69, 9.17) is 14.2 Å². The van der Waals surface area contributed by atoms with E-state index >= 15 is 0 Å². The lowest BCUT2D eigenvalue weighted by molar-refractivity contribution is -0.139. The van der Waals surface area contributed by atoms with Gasteiger partial charge in [-0.25, -0.2) is 0 Å². The van der Waals surface area contributed by atoms with Crippen molar-refractivity contribution in [2.45, 2.75) is 39.7 Å². The average Bonchev–Trinajstić information content (AvgIpc) is 3.07. The molecule has 1 unspecified atom stereocenters. The van der Waals surface area contributed by atoms with Crippen LogP contribution < -0.4 is 14.2 Å². The highest BCUT2D eigenvalue weighted by Crippen LogP contribution is 2.45. The number of methoxy groups -OCH3 is 2. The summed E-state index contributed by atoms with van der Waals surface area (Å²) in [7, 11) is 3.03. The first kappa shape index (κ1) is 24.2. The normalized spacial score (nSPS) is 17.4. The molecule has 1 N–H and O–H groups in total. The third-order valence-corrected chi connectivity index (χ3v) is 5.64. The number of carbonyl (C=O) groups excluding carboxylic acids is 2. The molecule has 1 fully saturated rings. The molecule has 0 bridgehead atoms. The van der Waals surface area contributed by atoms with E-state index in [0.717, 1.165) is 12.0 Å². The number of likely N-dealkylation sites (tertiary alicyclic amines) is 1. The summed E-state index contributed by atoms with van der Waals surface area (Å²) in [4.78, 5) is 27.6. The SMILES string of the molecule is CCCOc1ccc(/C(O)=C2\C(=O)C(=O)N(CCC)C2c2cccc(OC)c2OC)cc1C. The number of carbonyl (C=O) groups is 2. The Hall–Kier alpha value is -3.48. The van der Waals surface area contributed by atoms with Crippen LogP contribution in [0.1, 0.15) is 49.4 Å².